The molecule has 1 saturated carbocycles. The van der Waals surface area contributed by atoms with Gasteiger partial charge in [0.15, 0.2) is 0 Å². The molecule has 2 amide bonds. The lowest BCUT2D eigenvalue weighted by Crippen LogP contribution is -2.32. The van der Waals surface area contributed by atoms with Crippen LogP contribution in [0.2, 0.25) is 5.02 Å². The number of carbonyl (C=O) groups excluding carboxylic acids is 2. The number of benzene rings is 1. The van der Waals surface area contributed by atoms with Gasteiger partial charge in [-0.25, -0.2) is 0 Å². The van der Waals surface area contributed by atoms with E-state index < -0.39 is 0 Å². The van der Waals surface area contributed by atoms with E-state index in [2.05, 4.69) is 16.0 Å². The molecule has 1 aliphatic carbocycles. The number of carbonyl (C=O) groups is 2. The molecule has 7 heteroatoms. The van der Waals surface area contributed by atoms with Gasteiger partial charge in [-0.2, -0.15) is 0 Å². The van der Waals surface area contributed by atoms with E-state index in [9.17, 15) is 9.59 Å². The van der Waals surface area contributed by atoms with Gasteiger partial charge in [-0.15, -0.1) is 12.4 Å². The number of amides is 2. The second-order valence-electron chi connectivity index (χ2n) is 6.13. The highest BCUT2D eigenvalue weighted by atomic mass is 35.5. The molecule has 3 rings (SSSR count). The summed E-state index contributed by atoms with van der Waals surface area (Å²) in [5.41, 5.74) is 1.09. The fourth-order valence-corrected chi connectivity index (χ4v) is 3.54. The molecule has 0 bridgehead atoms. The molecule has 1 atom stereocenters. The van der Waals surface area contributed by atoms with Gasteiger partial charge >= 0.3 is 0 Å². The van der Waals surface area contributed by atoms with Gasteiger partial charge in [0.05, 0.1) is 11.3 Å². The summed E-state index contributed by atoms with van der Waals surface area (Å²) < 4.78 is 0. The Hall–Kier alpha value is -1.30. The van der Waals surface area contributed by atoms with Crippen LogP contribution in [0.3, 0.4) is 0 Å². The van der Waals surface area contributed by atoms with E-state index in [0.29, 0.717) is 16.3 Å². The van der Waals surface area contributed by atoms with Crippen molar-refractivity contribution in [3.05, 3.63) is 28.8 Å². The first-order valence-corrected chi connectivity index (χ1v) is 7.97. The zero-order valence-electron chi connectivity index (χ0n) is 12.9. The summed E-state index contributed by atoms with van der Waals surface area (Å²) in [7, 11) is 1.56. The molecule has 0 radical (unpaired) electrons. The van der Waals surface area contributed by atoms with Crippen LogP contribution in [0, 0.1) is 11.3 Å². The first-order valence-electron chi connectivity index (χ1n) is 7.59. The van der Waals surface area contributed by atoms with Gasteiger partial charge in [0.25, 0.3) is 5.91 Å². The summed E-state index contributed by atoms with van der Waals surface area (Å²) in [6.07, 6.45) is 3.05. The molecular formula is C16H21Cl2N3O2. The van der Waals surface area contributed by atoms with E-state index >= 15 is 0 Å². The topological polar surface area (TPSA) is 70.2 Å². The van der Waals surface area contributed by atoms with Crippen molar-refractivity contribution in [2.24, 2.45) is 11.3 Å². The van der Waals surface area contributed by atoms with E-state index in [1.165, 1.54) is 0 Å². The minimum Gasteiger partial charge on any atom is -0.355 e. The van der Waals surface area contributed by atoms with Gasteiger partial charge in [-0.3, -0.25) is 9.59 Å². The molecule has 1 unspecified atom stereocenters. The van der Waals surface area contributed by atoms with Crippen LogP contribution in [0.1, 0.15) is 29.6 Å². The van der Waals surface area contributed by atoms with Crippen LogP contribution >= 0.6 is 24.0 Å². The van der Waals surface area contributed by atoms with Crippen LogP contribution < -0.4 is 16.0 Å². The maximum absolute atomic E-state index is 12.5. The van der Waals surface area contributed by atoms with E-state index in [-0.39, 0.29) is 35.6 Å². The molecule has 2 aliphatic rings. The lowest BCUT2D eigenvalue weighted by atomic mass is 9.91. The average molecular weight is 358 g/mol. The Morgan fingerprint density at radius 1 is 1.30 bits per heavy atom. The van der Waals surface area contributed by atoms with Gasteiger partial charge in [0.2, 0.25) is 5.91 Å². The molecule has 1 aromatic rings. The number of halogens is 2. The SMILES string of the molecule is CNC(=O)c1cc(Cl)ccc1NC(=O)C1CC12CCNCC2.Cl. The van der Waals surface area contributed by atoms with E-state index in [1.807, 2.05) is 0 Å². The molecule has 1 aliphatic heterocycles. The van der Waals surface area contributed by atoms with Crippen molar-refractivity contribution in [1.82, 2.24) is 10.6 Å². The van der Waals surface area contributed by atoms with Gasteiger partial charge in [-0.05, 0) is 56.0 Å². The van der Waals surface area contributed by atoms with E-state index in [4.69, 9.17) is 11.6 Å². The fraction of sp³-hybridized carbons (Fsp3) is 0.500. The van der Waals surface area contributed by atoms with Crippen molar-refractivity contribution in [2.75, 3.05) is 25.5 Å². The van der Waals surface area contributed by atoms with Gasteiger partial charge in [-0.1, -0.05) is 11.6 Å². The average Bonchev–Trinajstić information content (AvgIpc) is 3.22. The summed E-state index contributed by atoms with van der Waals surface area (Å²) in [6.45, 7) is 1.96. The second-order valence-corrected chi connectivity index (χ2v) is 6.56. The molecule has 2 fully saturated rings. The standard InChI is InChI=1S/C16H20ClN3O2.ClH/c1-18-14(21)11-8-10(17)2-3-13(11)20-15(22)12-9-16(12)4-6-19-7-5-16;/h2-3,8,12,19H,4-7,9H2,1H3,(H,18,21)(H,20,22);1H. The first-order chi connectivity index (χ1) is 10.6. The van der Waals surface area contributed by atoms with Crippen molar-refractivity contribution in [3.63, 3.8) is 0 Å². The first kappa shape index (κ1) is 18.0. The molecule has 5 nitrogen and oxygen atoms in total. The van der Waals surface area contributed by atoms with E-state index in [1.54, 1.807) is 25.2 Å². The second kappa shape index (κ2) is 7.07. The smallest absolute Gasteiger partial charge is 0.253 e. The third kappa shape index (κ3) is 3.62. The van der Waals surface area contributed by atoms with Gasteiger partial charge in [0.1, 0.15) is 0 Å². The number of hydrogen-bond donors (Lipinski definition) is 3. The molecule has 1 saturated heterocycles. The minimum atomic E-state index is -0.259. The zero-order chi connectivity index (χ0) is 15.7. The zero-order valence-corrected chi connectivity index (χ0v) is 14.5. The number of piperidine rings is 1. The van der Waals surface area contributed by atoms with Crippen LogP contribution in [-0.4, -0.2) is 32.0 Å². The molecule has 1 heterocycles. The van der Waals surface area contributed by atoms with Crippen molar-refractivity contribution in [1.29, 1.82) is 0 Å². The normalized spacial score (nSPS) is 21.2. The predicted octanol–water partition coefficient (Wildman–Crippen LogP) is 2.45. The van der Waals surface area contributed by atoms with Crippen molar-refractivity contribution in [3.8, 4) is 0 Å². The number of rotatable bonds is 3. The molecule has 3 N–H and O–H groups in total. The Kier molecular flexibility index (Phi) is 5.55. The fourth-order valence-electron chi connectivity index (χ4n) is 3.36. The number of hydrogen-bond acceptors (Lipinski definition) is 3. The van der Waals surface area contributed by atoms with E-state index in [0.717, 1.165) is 32.4 Å². The summed E-state index contributed by atoms with van der Waals surface area (Å²) >= 11 is 5.95. The van der Waals surface area contributed by atoms with Crippen LogP contribution in [0.5, 0.6) is 0 Å². The summed E-state index contributed by atoms with van der Waals surface area (Å²) in [4.78, 5) is 24.4. The highest BCUT2D eigenvalue weighted by Gasteiger charge is 2.57. The van der Waals surface area contributed by atoms with Crippen molar-refractivity contribution >= 4 is 41.5 Å². The molecule has 0 aromatic heterocycles. The third-order valence-electron chi connectivity index (χ3n) is 4.82. The van der Waals surface area contributed by atoms with Crippen LogP contribution in [0.4, 0.5) is 5.69 Å². The Balaban J connectivity index is 0.00000192. The lowest BCUT2D eigenvalue weighted by Gasteiger charge is -2.23. The Bertz CT molecular complexity index is 615. The largest absolute Gasteiger partial charge is 0.355 e. The quantitative estimate of drug-likeness (QED) is 0.777. The Morgan fingerprint density at radius 3 is 2.65 bits per heavy atom. The summed E-state index contributed by atoms with van der Waals surface area (Å²) in [5, 5.41) is 9.27. The van der Waals surface area contributed by atoms with Crippen LogP contribution in [0.15, 0.2) is 18.2 Å². The lowest BCUT2D eigenvalue weighted by molar-refractivity contribution is -0.118. The Labute approximate surface area is 146 Å². The Morgan fingerprint density at radius 2 is 2.00 bits per heavy atom. The third-order valence-corrected chi connectivity index (χ3v) is 5.05. The molecule has 23 heavy (non-hydrogen) atoms. The van der Waals surface area contributed by atoms with Crippen molar-refractivity contribution < 1.29 is 9.59 Å². The summed E-state index contributed by atoms with van der Waals surface area (Å²) in [5.74, 6) is -0.192. The maximum atomic E-state index is 12.5. The predicted molar refractivity (Wildman–Crippen MR) is 93.4 cm³/mol. The number of nitrogens with one attached hydrogen (secondary N) is 3. The van der Waals surface area contributed by atoms with Crippen molar-refractivity contribution in [2.45, 2.75) is 19.3 Å². The molecule has 126 valence electrons. The molecule has 1 aromatic carbocycles. The minimum absolute atomic E-state index is 0. The maximum Gasteiger partial charge on any atom is 0.253 e. The highest BCUT2D eigenvalue weighted by molar-refractivity contribution is 6.31. The highest BCUT2D eigenvalue weighted by Crippen LogP contribution is 2.58. The van der Waals surface area contributed by atoms with Crippen LogP contribution in [0.25, 0.3) is 0 Å². The molecular weight excluding hydrogens is 337 g/mol. The van der Waals surface area contributed by atoms with Gasteiger partial charge in [0, 0.05) is 18.0 Å². The molecule has 1 spiro atoms. The van der Waals surface area contributed by atoms with Crippen LogP contribution in [-0.2, 0) is 4.79 Å². The van der Waals surface area contributed by atoms with Gasteiger partial charge < -0.3 is 16.0 Å². The number of anilines is 1. The monoisotopic (exact) mass is 357 g/mol. The summed E-state index contributed by atoms with van der Waals surface area (Å²) in [6, 6.07) is 4.93.